The number of benzene rings is 2. The van der Waals surface area contributed by atoms with Crippen LogP contribution in [0.25, 0.3) is 0 Å². The molecule has 0 aromatic heterocycles. The molecule has 0 bridgehead atoms. The molecule has 0 saturated heterocycles. The highest BCUT2D eigenvalue weighted by atomic mass is 35.5. The molecule has 0 amide bonds. The molecule has 2 rings (SSSR count). The number of hydrogen-bond acceptors (Lipinski definition) is 3. The second-order valence-electron chi connectivity index (χ2n) is 4.88. The van der Waals surface area contributed by atoms with Gasteiger partial charge in [0, 0.05) is 17.3 Å². The first kappa shape index (κ1) is 15.4. The number of nitrogens with one attached hydrogen (secondary N) is 1. The van der Waals surface area contributed by atoms with E-state index in [0.717, 1.165) is 11.3 Å². The zero-order valence-electron chi connectivity index (χ0n) is 11.9. The summed E-state index contributed by atoms with van der Waals surface area (Å²) in [4.78, 5) is 11.9. The fraction of sp³-hybridized carbons (Fsp3) is 0.235. The van der Waals surface area contributed by atoms with E-state index in [4.69, 9.17) is 16.3 Å². The summed E-state index contributed by atoms with van der Waals surface area (Å²) in [5, 5.41) is 3.88. The largest absolute Gasteiger partial charge is 0.461 e. The number of carbonyl (C=O) groups excluding carboxylic acids is 1. The van der Waals surface area contributed by atoms with Crippen molar-refractivity contribution < 1.29 is 9.53 Å². The predicted octanol–water partition coefficient (Wildman–Crippen LogP) is 4.13. The standard InChI is InChI=1S/C17H18ClNO2/c1-13(11-19-16-9-7-15(18)8-10-16)17(20)21-12-14-5-3-2-4-6-14/h2-10,13,19H,11-12H2,1H3. The third-order valence-electron chi connectivity index (χ3n) is 3.08. The molecule has 0 fully saturated rings. The van der Waals surface area contributed by atoms with Crippen molar-refractivity contribution in [1.82, 2.24) is 0 Å². The Morgan fingerprint density at radius 3 is 2.48 bits per heavy atom. The van der Waals surface area contributed by atoms with Gasteiger partial charge in [-0.15, -0.1) is 0 Å². The maximum absolute atomic E-state index is 11.9. The van der Waals surface area contributed by atoms with E-state index in [9.17, 15) is 4.79 Å². The summed E-state index contributed by atoms with van der Waals surface area (Å²) >= 11 is 5.82. The van der Waals surface area contributed by atoms with Crippen molar-refractivity contribution in [1.29, 1.82) is 0 Å². The van der Waals surface area contributed by atoms with Crippen LogP contribution in [0.1, 0.15) is 12.5 Å². The van der Waals surface area contributed by atoms with Crippen molar-refractivity contribution in [2.24, 2.45) is 5.92 Å². The lowest BCUT2D eigenvalue weighted by atomic mass is 10.2. The molecule has 0 aliphatic rings. The van der Waals surface area contributed by atoms with Gasteiger partial charge in [-0.2, -0.15) is 0 Å². The number of esters is 1. The highest BCUT2D eigenvalue weighted by molar-refractivity contribution is 6.30. The Balaban J connectivity index is 1.76. The normalized spacial score (nSPS) is 11.7. The van der Waals surface area contributed by atoms with E-state index >= 15 is 0 Å². The lowest BCUT2D eigenvalue weighted by molar-refractivity contribution is -0.148. The lowest BCUT2D eigenvalue weighted by Gasteiger charge is -2.13. The Kier molecular flexibility index (Phi) is 5.64. The monoisotopic (exact) mass is 303 g/mol. The van der Waals surface area contributed by atoms with Crippen LogP contribution in [0.3, 0.4) is 0 Å². The third-order valence-corrected chi connectivity index (χ3v) is 3.33. The van der Waals surface area contributed by atoms with Crippen LogP contribution in [0, 0.1) is 5.92 Å². The van der Waals surface area contributed by atoms with Crippen molar-refractivity contribution in [3.63, 3.8) is 0 Å². The SMILES string of the molecule is CC(CNc1ccc(Cl)cc1)C(=O)OCc1ccccc1. The van der Waals surface area contributed by atoms with Gasteiger partial charge in [0.15, 0.2) is 0 Å². The minimum atomic E-state index is -0.218. The number of anilines is 1. The van der Waals surface area contributed by atoms with E-state index in [1.165, 1.54) is 0 Å². The Morgan fingerprint density at radius 2 is 1.81 bits per heavy atom. The Morgan fingerprint density at radius 1 is 1.14 bits per heavy atom. The number of rotatable bonds is 6. The molecule has 1 N–H and O–H groups in total. The first-order valence-electron chi connectivity index (χ1n) is 6.85. The molecule has 21 heavy (non-hydrogen) atoms. The van der Waals surface area contributed by atoms with Gasteiger partial charge in [0.1, 0.15) is 6.61 Å². The molecule has 0 spiro atoms. The molecule has 3 nitrogen and oxygen atoms in total. The van der Waals surface area contributed by atoms with Gasteiger partial charge in [0.25, 0.3) is 0 Å². The summed E-state index contributed by atoms with van der Waals surface area (Å²) in [6.07, 6.45) is 0. The maximum atomic E-state index is 11.9. The Bertz CT molecular complexity index is 569. The molecule has 1 atom stereocenters. The summed E-state index contributed by atoms with van der Waals surface area (Å²) < 4.78 is 5.30. The van der Waals surface area contributed by atoms with Crippen molar-refractivity contribution in [2.45, 2.75) is 13.5 Å². The molecule has 2 aromatic carbocycles. The molecule has 0 radical (unpaired) electrons. The van der Waals surface area contributed by atoms with Gasteiger partial charge in [-0.05, 0) is 29.8 Å². The highest BCUT2D eigenvalue weighted by Gasteiger charge is 2.14. The average molecular weight is 304 g/mol. The van der Waals surface area contributed by atoms with Gasteiger partial charge < -0.3 is 10.1 Å². The molecular formula is C17H18ClNO2. The van der Waals surface area contributed by atoms with E-state index in [-0.39, 0.29) is 11.9 Å². The van der Waals surface area contributed by atoms with Crippen LogP contribution in [0.5, 0.6) is 0 Å². The predicted molar refractivity (Wildman–Crippen MR) is 85.3 cm³/mol. The summed E-state index contributed by atoms with van der Waals surface area (Å²) in [7, 11) is 0. The van der Waals surface area contributed by atoms with E-state index < -0.39 is 0 Å². The molecule has 0 aliphatic carbocycles. The van der Waals surface area contributed by atoms with Crippen LogP contribution in [-0.4, -0.2) is 12.5 Å². The van der Waals surface area contributed by atoms with E-state index in [1.54, 1.807) is 0 Å². The van der Waals surface area contributed by atoms with Gasteiger partial charge in [-0.3, -0.25) is 4.79 Å². The van der Waals surface area contributed by atoms with Crippen LogP contribution in [0.15, 0.2) is 54.6 Å². The van der Waals surface area contributed by atoms with Crippen molar-refractivity contribution >= 4 is 23.3 Å². The second kappa shape index (κ2) is 7.70. The molecule has 4 heteroatoms. The second-order valence-corrected chi connectivity index (χ2v) is 5.32. The van der Waals surface area contributed by atoms with Crippen molar-refractivity contribution in [2.75, 3.05) is 11.9 Å². The first-order valence-corrected chi connectivity index (χ1v) is 7.23. The summed E-state index contributed by atoms with van der Waals surface area (Å²) in [5.41, 5.74) is 1.92. The number of ether oxygens (including phenoxy) is 1. The van der Waals surface area contributed by atoms with Crippen LogP contribution >= 0.6 is 11.6 Å². The van der Waals surface area contributed by atoms with Crippen LogP contribution < -0.4 is 5.32 Å². The zero-order chi connectivity index (χ0) is 15.1. The smallest absolute Gasteiger partial charge is 0.310 e. The van der Waals surface area contributed by atoms with Gasteiger partial charge in [-0.1, -0.05) is 48.9 Å². The molecule has 0 aliphatic heterocycles. The van der Waals surface area contributed by atoms with E-state index in [2.05, 4.69) is 5.32 Å². The number of hydrogen-bond donors (Lipinski definition) is 1. The summed E-state index contributed by atoms with van der Waals surface area (Å²) in [6.45, 7) is 2.68. The van der Waals surface area contributed by atoms with Gasteiger partial charge >= 0.3 is 5.97 Å². The molecule has 110 valence electrons. The quantitative estimate of drug-likeness (QED) is 0.815. The first-order chi connectivity index (χ1) is 10.1. The van der Waals surface area contributed by atoms with Gasteiger partial charge in [0.05, 0.1) is 5.92 Å². The topological polar surface area (TPSA) is 38.3 Å². The minimum Gasteiger partial charge on any atom is -0.461 e. The third kappa shape index (κ3) is 5.12. The van der Waals surface area contributed by atoms with E-state index in [1.807, 2.05) is 61.5 Å². The molecular weight excluding hydrogens is 286 g/mol. The summed E-state index contributed by atoms with van der Waals surface area (Å²) in [6, 6.07) is 17.0. The average Bonchev–Trinajstić information content (AvgIpc) is 2.52. The minimum absolute atomic E-state index is 0.208. The van der Waals surface area contributed by atoms with Gasteiger partial charge in [-0.25, -0.2) is 0 Å². The van der Waals surface area contributed by atoms with Gasteiger partial charge in [0.2, 0.25) is 0 Å². The Labute approximate surface area is 129 Å². The fourth-order valence-corrected chi connectivity index (χ4v) is 1.92. The fourth-order valence-electron chi connectivity index (χ4n) is 1.79. The van der Waals surface area contributed by atoms with Crippen molar-refractivity contribution in [3.05, 3.63) is 65.2 Å². The summed E-state index contributed by atoms with van der Waals surface area (Å²) in [5.74, 6) is -0.426. The maximum Gasteiger partial charge on any atom is 0.310 e. The number of carbonyl (C=O) groups is 1. The zero-order valence-corrected chi connectivity index (χ0v) is 12.6. The Hall–Kier alpha value is -2.00. The van der Waals surface area contributed by atoms with E-state index in [0.29, 0.717) is 18.2 Å². The van der Waals surface area contributed by atoms with Crippen LogP contribution in [0.4, 0.5) is 5.69 Å². The highest BCUT2D eigenvalue weighted by Crippen LogP contribution is 2.14. The van der Waals surface area contributed by atoms with Crippen molar-refractivity contribution in [3.8, 4) is 0 Å². The molecule has 0 saturated carbocycles. The lowest BCUT2D eigenvalue weighted by Crippen LogP contribution is -2.22. The molecule has 0 heterocycles. The van der Waals surface area contributed by atoms with Crippen LogP contribution in [0.2, 0.25) is 5.02 Å². The molecule has 2 aromatic rings. The number of halogens is 1. The van der Waals surface area contributed by atoms with Crippen LogP contribution in [-0.2, 0) is 16.1 Å². The molecule has 1 unspecified atom stereocenters.